The molecule has 1 saturated heterocycles. The molecule has 3 rings (SSSR count). The molecule has 130 valence electrons. The third-order valence-electron chi connectivity index (χ3n) is 4.24. The second-order valence-electron chi connectivity index (χ2n) is 6.36. The minimum atomic E-state index is -0.560. The van der Waals surface area contributed by atoms with Crippen molar-refractivity contribution < 1.29 is 9.59 Å². The fraction of sp³-hybridized carbons (Fsp3) is 0.300. The summed E-state index contributed by atoms with van der Waals surface area (Å²) < 4.78 is 0. The molecule has 0 aliphatic carbocycles. The fourth-order valence-electron chi connectivity index (χ4n) is 2.97. The van der Waals surface area contributed by atoms with Gasteiger partial charge in [0.2, 0.25) is 0 Å². The Balaban J connectivity index is 1.70. The summed E-state index contributed by atoms with van der Waals surface area (Å²) >= 11 is 1.56. The van der Waals surface area contributed by atoms with Gasteiger partial charge in [0, 0.05) is 22.9 Å². The van der Waals surface area contributed by atoms with E-state index in [1.54, 1.807) is 16.7 Å². The summed E-state index contributed by atoms with van der Waals surface area (Å²) in [7, 11) is 0. The van der Waals surface area contributed by atoms with E-state index in [0.29, 0.717) is 24.7 Å². The summed E-state index contributed by atoms with van der Waals surface area (Å²) in [6, 6.07) is 17.5. The Kier molecular flexibility index (Phi) is 5.76. The van der Waals surface area contributed by atoms with Crippen LogP contribution in [0.2, 0.25) is 0 Å². The van der Waals surface area contributed by atoms with Crippen LogP contribution < -0.4 is 5.32 Å². The molecule has 1 atom stereocenters. The number of carbonyl (C=O) groups is 2. The lowest BCUT2D eigenvalue weighted by molar-refractivity contribution is -0.144. The van der Waals surface area contributed by atoms with Gasteiger partial charge in [-0.3, -0.25) is 9.59 Å². The summed E-state index contributed by atoms with van der Waals surface area (Å²) in [5.74, 6) is -0.548. The van der Waals surface area contributed by atoms with Gasteiger partial charge in [-0.1, -0.05) is 49.0 Å². The Labute approximate surface area is 152 Å². The molecule has 1 aliphatic rings. The van der Waals surface area contributed by atoms with E-state index in [9.17, 15) is 9.59 Å². The van der Waals surface area contributed by atoms with Crippen molar-refractivity contribution in [3.05, 3.63) is 54.6 Å². The smallest absolute Gasteiger partial charge is 0.313 e. The molecular formula is C20H22N2O2S. The molecule has 4 nitrogen and oxygen atoms in total. The first-order chi connectivity index (χ1) is 12.1. The van der Waals surface area contributed by atoms with E-state index >= 15 is 0 Å². The highest BCUT2D eigenvalue weighted by molar-refractivity contribution is 7.99. The second kappa shape index (κ2) is 8.21. The van der Waals surface area contributed by atoms with Crippen molar-refractivity contribution in [3.63, 3.8) is 0 Å². The van der Waals surface area contributed by atoms with Gasteiger partial charge in [0.15, 0.2) is 0 Å². The maximum Gasteiger partial charge on any atom is 0.313 e. The lowest BCUT2D eigenvalue weighted by Gasteiger charge is -2.30. The SMILES string of the molecule is CC1CCCN(C(=O)C(=O)Nc2ccccc2Sc2ccccc2)C1. The van der Waals surface area contributed by atoms with E-state index in [2.05, 4.69) is 12.2 Å². The molecule has 1 fully saturated rings. The Morgan fingerprint density at radius 3 is 2.56 bits per heavy atom. The molecule has 1 heterocycles. The van der Waals surface area contributed by atoms with Gasteiger partial charge in [-0.25, -0.2) is 0 Å². The van der Waals surface area contributed by atoms with Gasteiger partial charge in [0.25, 0.3) is 0 Å². The lowest BCUT2D eigenvalue weighted by Crippen LogP contribution is -2.44. The van der Waals surface area contributed by atoms with Crippen LogP contribution in [0.25, 0.3) is 0 Å². The van der Waals surface area contributed by atoms with E-state index in [0.717, 1.165) is 22.6 Å². The zero-order valence-corrected chi connectivity index (χ0v) is 15.1. The monoisotopic (exact) mass is 354 g/mol. The number of para-hydroxylation sites is 1. The maximum absolute atomic E-state index is 12.4. The molecule has 0 saturated carbocycles. The number of hydrogen-bond acceptors (Lipinski definition) is 3. The molecule has 0 aromatic heterocycles. The Morgan fingerprint density at radius 1 is 1.08 bits per heavy atom. The summed E-state index contributed by atoms with van der Waals surface area (Å²) in [6.07, 6.45) is 2.07. The number of nitrogens with one attached hydrogen (secondary N) is 1. The molecule has 1 N–H and O–H groups in total. The van der Waals surface area contributed by atoms with Crippen LogP contribution in [-0.2, 0) is 9.59 Å². The fourth-order valence-corrected chi connectivity index (χ4v) is 3.89. The predicted octanol–water partition coefficient (Wildman–Crippen LogP) is 4.03. The third-order valence-corrected chi connectivity index (χ3v) is 5.33. The van der Waals surface area contributed by atoms with Gasteiger partial charge < -0.3 is 10.2 Å². The van der Waals surface area contributed by atoms with E-state index < -0.39 is 11.8 Å². The van der Waals surface area contributed by atoms with Crippen LogP contribution in [0.1, 0.15) is 19.8 Å². The molecule has 2 amide bonds. The normalized spacial score (nSPS) is 17.2. The highest BCUT2D eigenvalue weighted by Crippen LogP contribution is 2.33. The minimum Gasteiger partial charge on any atom is -0.334 e. The van der Waals surface area contributed by atoms with Crippen molar-refractivity contribution in [2.75, 3.05) is 18.4 Å². The molecule has 0 radical (unpaired) electrons. The Bertz CT molecular complexity index is 748. The number of hydrogen-bond donors (Lipinski definition) is 1. The number of amides is 2. The van der Waals surface area contributed by atoms with Crippen LogP contribution >= 0.6 is 11.8 Å². The van der Waals surface area contributed by atoms with Crippen molar-refractivity contribution in [3.8, 4) is 0 Å². The molecule has 2 aromatic carbocycles. The first-order valence-electron chi connectivity index (χ1n) is 8.55. The molecule has 1 aliphatic heterocycles. The lowest BCUT2D eigenvalue weighted by atomic mass is 10.0. The predicted molar refractivity (Wildman–Crippen MR) is 101 cm³/mol. The first kappa shape index (κ1) is 17.5. The van der Waals surface area contributed by atoms with Crippen molar-refractivity contribution >= 4 is 29.3 Å². The third kappa shape index (κ3) is 4.63. The van der Waals surface area contributed by atoms with Crippen LogP contribution in [0.5, 0.6) is 0 Å². The van der Waals surface area contributed by atoms with Gasteiger partial charge in [0.1, 0.15) is 0 Å². The molecule has 0 bridgehead atoms. The van der Waals surface area contributed by atoms with E-state index in [-0.39, 0.29) is 0 Å². The number of nitrogens with zero attached hydrogens (tertiary/aromatic N) is 1. The Hall–Kier alpha value is -2.27. The maximum atomic E-state index is 12.4. The zero-order chi connectivity index (χ0) is 17.6. The second-order valence-corrected chi connectivity index (χ2v) is 7.48. The molecule has 1 unspecified atom stereocenters. The number of carbonyl (C=O) groups excluding carboxylic acids is 2. The van der Waals surface area contributed by atoms with Crippen LogP contribution in [0.15, 0.2) is 64.4 Å². The molecule has 5 heteroatoms. The van der Waals surface area contributed by atoms with Crippen LogP contribution in [0.4, 0.5) is 5.69 Å². The molecule has 0 spiro atoms. The van der Waals surface area contributed by atoms with Crippen LogP contribution in [0, 0.1) is 5.92 Å². The quantitative estimate of drug-likeness (QED) is 0.847. The average Bonchev–Trinajstić information content (AvgIpc) is 2.63. The van der Waals surface area contributed by atoms with Gasteiger partial charge in [-0.15, -0.1) is 0 Å². The van der Waals surface area contributed by atoms with Gasteiger partial charge in [0.05, 0.1) is 5.69 Å². The largest absolute Gasteiger partial charge is 0.334 e. The minimum absolute atomic E-state index is 0.439. The van der Waals surface area contributed by atoms with Crippen molar-refractivity contribution in [2.24, 2.45) is 5.92 Å². The summed E-state index contributed by atoms with van der Waals surface area (Å²) in [4.78, 5) is 28.5. The van der Waals surface area contributed by atoms with Crippen molar-refractivity contribution in [2.45, 2.75) is 29.6 Å². The highest BCUT2D eigenvalue weighted by atomic mass is 32.2. The standard InChI is InChI=1S/C20H22N2O2S/c1-15-8-7-13-22(14-15)20(24)19(23)21-17-11-5-6-12-18(17)25-16-9-3-2-4-10-16/h2-6,9-12,15H,7-8,13-14H2,1H3,(H,21,23). The van der Waals surface area contributed by atoms with Crippen LogP contribution in [0.3, 0.4) is 0 Å². The van der Waals surface area contributed by atoms with Gasteiger partial charge >= 0.3 is 11.8 Å². The number of likely N-dealkylation sites (tertiary alicyclic amines) is 1. The van der Waals surface area contributed by atoms with Gasteiger partial charge in [-0.05, 0) is 43.0 Å². The summed E-state index contributed by atoms with van der Waals surface area (Å²) in [5.41, 5.74) is 0.666. The van der Waals surface area contributed by atoms with E-state index in [1.807, 2.05) is 54.6 Å². The number of rotatable bonds is 3. The zero-order valence-electron chi connectivity index (χ0n) is 14.3. The number of piperidine rings is 1. The number of anilines is 1. The molecule has 2 aromatic rings. The van der Waals surface area contributed by atoms with Crippen LogP contribution in [-0.4, -0.2) is 29.8 Å². The van der Waals surface area contributed by atoms with Crippen molar-refractivity contribution in [1.29, 1.82) is 0 Å². The van der Waals surface area contributed by atoms with Gasteiger partial charge in [-0.2, -0.15) is 0 Å². The molecular weight excluding hydrogens is 332 g/mol. The topological polar surface area (TPSA) is 49.4 Å². The summed E-state index contributed by atoms with van der Waals surface area (Å²) in [6.45, 7) is 3.44. The van der Waals surface area contributed by atoms with E-state index in [1.165, 1.54) is 0 Å². The highest BCUT2D eigenvalue weighted by Gasteiger charge is 2.26. The Morgan fingerprint density at radius 2 is 1.80 bits per heavy atom. The first-order valence-corrected chi connectivity index (χ1v) is 9.37. The summed E-state index contributed by atoms with van der Waals surface area (Å²) in [5, 5.41) is 2.79. The average molecular weight is 354 g/mol. The van der Waals surface area contributed by atoms with E-state index in [4.69, 9.17) is 0 Å². The van der Waals surface area contributed by atoms with Crippen molar-refractivity contribution in [1.82, 2.24) is 4.90 Å². The number of benzene rings is 2. The molecule has 25 heavy (non-hydrogen) atoms.